The largest absolute Gasteiger partial charge is 0.508 e. The number of nitrogens with zero attached hydrogens (tertiary/aromatic N) is 2. The molecule has 0 aliphatic carbocycles. The summed E-state index contributed by atoms with van der Waals surface area (Å²) in [6.45, 7) is 2.68. The molecular formula is C20H20N2O3S. The molecule has 0 bridgehead atoms. The Kier molecular flexibility index (Phi) is 5.63. The minimum Gasteiger partial charge on any atom is -0.508 e. The van der Waals surface area contributed by atoms with Crippen molar-refractivity contribution >= 4 is 34.6 Å². The van der Waals surface area contributed by atoms with Crippen molar-refractivity contribution in [3.8, 4) is 11.5 Å². The molecule has 1 saturated heterocycles. The lowest BCUT2D eigenvalue weighted by Crippen LogP contribution is -2.23. The minimum absolute atomic E-state index is 0.112. The summed E-state index contributed by atoms with van der Waals surface area (Å²) in [4.78, 5) is 19.1. The molecule has 0 saturated carbocycles. The van der Waals surface area contributed by atoms with E-state index in [0.29, 0.717) is 22.4 Å². The van der Waals surface area contributed by atoms with Gasteiger partial charge in [-0.1, -0.05) is 31.2 Å². The Bertz CT molecular complexity index is 877. The third-order valence-corrected chi connectivity index (χ3v) is 4.79. The van der Waals surface area contributed by atoms with E-state index in [-0.39, 0.29) is 11.7 Å². The molecule has 3 rings (SSSR count). The fourth-order valence-corrected chi connectivity index (χ4v) is 3.39. The zero-order valence-electron chi connectivity index (χ0n) is 14.7. The van der Waals surface area contributed by atoms with Crippen LogP contribution in [0, 0.1) is 0 Å². The average Bonchev–Trinajstić information content (AvgIpc) is 2.89. The van der Waals surface area contributed by atoms with Crippen molar-refractivity contribution in [2.45, 2.75) is 13.3 Å². The highest BCUT2D eigenvalue weighted by Gasteiger charge is 2.30. The van der Waals surface area contributed by atoms with Gasteiger partial charge in [0.2, 0.25) is 0 Å². The Morgan fingerprint density at radius 3 is 2.81 bits per heavy atom. The fourth-order valence-electron chi connectivity index (χ4n) is 2.41. The number of hydrogen-bond acceptors (Lipinski definition) is 5. The normalized spacial score (nSPS) is 17.3. The van der Waals surface area contributed by atoms with E-state index in [9.17, 15) is 9.90 Å². The summed E-state index contributed by atoms with van der Waals surface area (Å²) < 4.78 is 5.76. The maximum Gasteiger partial charge on any atom is 0.266 e. The van der Waals surface area contributed by atoms with Crippen LogP contribution < -0.4 is 4.74 Å². The molecular weight excluding hydrogens is 348 g/mol. The first-order valence-electron chi connectivity index (χ1n) is 8.35. The number of likely N-dealkylation sites (N-methyl/N-ethyl adjacent to an activating group) is 1. The van der Waals surface area contributed by atoms with Crippen LogP contribution >= 0.6 is 11.8 Å². The Labute approximate surface area is 157 Å². The summed E-state index contributed by atoms with van der Waals surface area (Å²) in [7, 11) is 1.69. The summed E-state index contributed by atoms with van der Waals surface area (Å²) in [5.41, 5.74) is 1.46. The van der Waals surface area contributed by atoms with Gasteiger partial charge < -0.3 is 9.84 Å². The molecule has 134 valence electrons. The van der Waals surface area contributed by atoms with E-state index in [4.69, 9.17) is 4.74 Å². The minimum atomic E-state index is -0.112. The highest BCUT2D eigenvalue weighted by Crippen LogP contribution is 2.35. The zero-order valence-corrected chi connectivity index (χ0v) is 15.5. The van der Waals surface area contributed by atoms with Crippen LogP contribution in [-0.4, -0.2) is 34.7 Å². The average molecular weight is 368 g/mol. The number of aromatic hydroxyl groups is 1. The first-order chi connectivity index (χ1) is 12.6. The summed E-state index contributed by atoms with van der Waals surface area (Å²) >= 11 is 1.31. The topological polar surface area (TPSA) is 62.1 Å². The number of benzene rings is 2. The number of phenolic OH excluding ortho intramolecular Hbond substituents is 1. The first kappa shape index (κ1) is 18.1. The van der Waals surface area contributed by atoms with Crippen LogP contribution in [0.4, 0.5) is 5.69 Å². The van der Waals surface area contributed by atoms with Gasteiger partial charge in [0.15, 0.2) is 5.17 Å². The van der Waals surface area contributed by atoms with Crippen molar-refractivity contribution in [1.82, 2.24) is 4.90 Å². The van der Waals surface area contributed by atoms with E-state index >= 15 is 0 Å². The predicted molar refractivity (Wildman–Crippen MR) is 106 cm³/mol. The van der Waals surface area contributed by atoms with E-state index in [0.717, 1.165) is 17.7 Å². The number of carbonyl (C=O) groups is 1. The van der Waals surface area contributed by atoms with Crippen molar-refractivity contribution in [3.63, 3.8) is 0 Å². The lowest BCUT2D eigenvalue weighted by atomic mass is 10.2. The van der Waals surface area contributed by atoms with Crippen LogP contribution in [0.25, 0.3) is 6.08 Å². The molecule has 0 spiro atoms. The quantitative estimate of drug-likeness (QED) is 0.794. The molecule has 0 atom stereocenters. The second-order valence-corrected chi connectivity index (χ2v) is 6.78. The number of aliphatic imine (C=N–C) groups is 1. The molecule has 0 unspecified atom stereocenters. The SMILES string of the molecule is CCCOc1ccccc1/C=C1\SC(=Nc2cccc(O)c2)N(C)C1=O. The maximum atomic E-state index is 12.6. The smallest absolute Gasteiger partial charge is 0.266 e. The molecule has 2 aromatic rings. The number of carbonyl (C=O) groups excluding carboxylic acids is 1. The van der Waals surface area contributed by atoms with E-state index < -0.39 is 0 Å². The molecule has 0 radical (unpaired) electrons. The van der Waals surface area contributed by atoms with Gasteiger partial charge in [0.05, 0.1) is 17.2 Å². The number of phenols is 1. The van der Waals surface area contributed by atoms with Gasteiger partial charge in [-0.05, 0) is 42.5 Å². The van der Waals surface area contributed by atoms with Crippen LogP contribution in [0.2, 0.25) is 0 Å². The van der Waals surface area contributed by atoms with Gasteiger partial charge >= 0.3 is 0 Å². The number of amides is 1. The molecule has 2 aromatic carbocycles. The van der Waals surface area contributed by atoms with Crippen LogP contribution in [-0.2, 0) is 4.79 Å². The number of rotatable bonds is 5. The van der Waals surface area contributed by atoms with E-state index in [2.05, 4.69) is 11.9 Å². The standard InChI is InChI=1S/C20H20N2O3S/c1-3-11-25-17-10-5-4-7-14(17)12-18-19(24)22(2)20(26-18)21-15-8-6-9-16(23)13-15/h4-10,12-13,23H,3,11H2,1-2H3/b18-12-,21-20?. The van der Waals surface area contributed by atoms with Crippen molar-refractivity contribution in [2.24, 2.45) is 4.99 Å². The van der Waals surface area contributed by atoms with E-state index in [1.807, 2.05) is 30.3 Å². The van der Waals surface area contributed by atoms with Gasteiger partial charge in [0.1, 0.15) is 11.5 Å². The summed E-state index contributed by atoms with van der Waals surface area (Å²) in [5, 5.41) is 10.1. The summed E-state index contributed by atoms with van der Waals surface area (Å²) in [6.07, 6.45) is 2.75. The number of para-hydroxylation sites is 1. The molecule has 1 aliphatic heterocycles. The molecule has 1 fully saturated rings. The Balaban J connectivity index is 1.88. The fraction of sp³-hybridized carbons (Fsp3) is 0.200. The van der Waals surface area contributed by atoms with Crippen LogP contribution in [0.1, 0.15) is 18.9 Å². The van der Waals surface area contributed by atoms with Gasteiger partial charge in [0, 0.05) is 18.7 Å². The Morgan fingerprint density at radius 2 is 2.04 bits per heavy atom. The third-order valence-electron chi connectivity index (χ3n) is 3.73. The monoisotopic (exact) mass is 368 g/mol. The molecule has 1 aliphatic rings. The maximum absolute atomic E-state index is 12.6. The first-order valence-corrected chi connectivity index (χ1v) is 9.17. The Hall–Kier alpha value is -2.73. The summed E-state index contributed by atoms with van der Waals surface area (Å²) in [5.74, 6) is 0.789. The Morgan fingerprint density at radius 1 is 1.23 bits per heavy atom. The third kappa shape index (κ3) is 4.08. The van der Waals surface area contributed by atoms with Crippen molar-refractivity contribution < 1.29 is 14.6 Å². The molecule has 6 heteroatoms. The molecule has 1 amide bonds. The van der Waals surface area contributed by atoms with Crippen molar-refractivity contribution in [1.29, 1.82) is 0 Å². The van der Waals surface area contributed by atoms with Gasteiger partial charge in [-0.3, -0.25) is 9.69 Å². The van der Waals surface area contributed by atoms with Gasteiger partial charge in [-0.25, -0.2) is 4.99 Å². The van der Waals surface area contributed by atoms with E-state index in [1.165, 1.54) is 16.7 Å². The molecule has 0 aromatic heterocycles. The van der Waals surface area contributed by atoms with Gasteiger partial charge in [0.25, 0.3) is 5.91 Å². The highest BCUT2D eigenvalue weighted by atomic mass is 32.2. The molecule has 1 N–H and O–H groups in total. The van der Waals surface area contributed by atoms with Crippen LogP contribution in [0.5, 0.6) is 11.5 Å². The van der Waals surface area contributed by atoms with E-state index in [1.54, 1.807) is 31.3 Å². The summed E-state index contributed by atoms with van der Waals surface area (Å²) in [6, 6.07) is 14.3. The number of amidine groups is 1. The highest BCUT2D eigenvalue weighted by molar-refractivity contribution is 8.18. The van der Waals surface area contributed by atoms with Crippen molar-refractivity contribution in [2.75, 3.05) is 13.7 Å². The predicted octanol–water partition coefficient (Wildman–Crippen LogP) is 4.41. The van der Waals surface area contributed by atoms with Crippen molar-refractivity contribution in [3.05, 3.63) is 59.0 Å². The van der Waals surface area contributed by atoms with Crippen LogP contribution in [0.15, 0.2) is 58.4 Å². The second-order valence-electron chi connectivity index (χ2n) is 5.78. The number of hydrogen-bond donors (Lipinski definition) is 1. The second kappa shape index (κ2) is 8.10. The number of thioether (sulfide) groups is 1. The molecule has 1 heterocycles. The molecule has 5 nitrogen and oxygen atoms in total. The van der Waals surface area contributed by atoms with Gasteiger partial charge in [-0.15, -0.1) is 0 Å². The number of ether oxygens (including phenoxy) is 1. The molecule has 26 heavy (non-hydrogen) atoms. The lowest BCUT2D eigenvalue weighted by Gasteiger charge is -2.08. The lowest BCUT2D eigenvalue weighted by molar-refractivity contribution is -0.121. The van der Waals surface area contributed by atoms with Gasteiger partial charge in [-0.2, -0.15) is 0 Å². The zero-order chi connectivity index (χ0) is 18.5. The van der Waals surface area contributed by atoms with Crippen LogP contribution in [0.3, 0.4) is 0 Å².